The summed E-state index contributed by atoms with van der Waals surface area (Å²) in [5.41, 5.74) is 0. The second-order valence-electron chi connectivity index (χ2n) is 4.96. The third-order valence-electron chi connectivity index (χ3n) is 3.66. The molecule has 1 rings (SSSR count). The number of carbonyl (C=O) groups is 1. The average molecular weight is 225 g/mol. The summed E-state index contributed by atoms with van der Waals surface area (Å²) in [4.78, 5) is 13.8. The molecular formula is C14H27NO. The van der Waals surface area contributed by atoms with Crippen molar-refractivity contribution < 1.29 is 4.79 Å². The van der Waals surface area contributed by atoms with Crippen LogP contribution in [0.2, 0.25) is 0 Å². The molecule has 2 heteroatoms. The molecule has 1 atom stereocenters. The molecule has 1 heterocycles. The zero-order chi connectivity index (χ0) is 11.8. The van der Waals surface area contributed by atoms with E-state index in [2.05, 4.69) is 18.7 Å². The molecule has 1 aliphatic heterocycles. The van der Waals surface area contributed by atoms with Gasteiger partial charge in [-0.3, -0.25) is 4.79 Å². The Morgan fingerprint density at radius 1 is 1.19 bits per heavy atom. The second-order valence-corrected chi connectivity index (χ2v) is 4.96. The lowest BCUT2D eigenvalue weighted by Gasteiger charge is -2.26. The molecule has 2 nitrogen and oxygen atoms in total. The lowest BCUT2D eigenvalue weighted by atomic mass is 10.0. The lowest BCUT2D eigenvalue weighted by molar-refractivity contribution is -0.129. The van der Waals surface area contributed by atoms with Crippen molar-refractivity contribution in [2.45, 2.75) is 77.7 Å². The predicted molar refractivity (Wildman–Crippen MR) is 68.4 cm³/mol. The molecule has 1 saturated heterocycles. The van der Waals surface area contributed by atoms with Gasteiger partial charge in [0.25, 0.3) is 0 Å². The lowest BCUT2D eigenvalue weighted by Crippen LogP contribution is -2.35. The molecular weight excluding hydrogens is 198 g/mol. The summed E-state index contributed by atoms with van der Waals surface area (Å²) in [6.45, 7) is 5.46. The SMILES string of the molecule is CCCCCCCC(CC)N1CCCC1=O. The molecule has 0 aromatic rings. The highest BCUT2D eigenvalue weighted by atomic mass is 16.2. The van der Waals surface area contributed by atoms with Gasteiger partial charge in [-0.1, -0.05) is 46.0 Å². The van der Waals surface area contributed by atoms with Crippen LogP contribution in [0.4, 0.5) is 0 Å². The normalized spacial score (nSPS) is 18.1. The molecule has 16 heavy (non-hydrogen) atoms. The van der Waals surface area contributed by atoms with E-state index in [0.29, 0.717) is 11.9 Å². The van der Waals surface area contributed by atoms with E-state index >= 15 is 0 Å². The monoisotopic (exact) mass is 225 g/mol. The molecule has 1 aliphatic rings. The van der Waals surface area contributed by atoms with Gasteiger partial charge in [-0.25, -0.2) is 0 Å². The Bertz CT molecular complexity index is 203. The second kappa shape index (κ2) is 7.70. The van der Waals surface area contributed by atoms with Gasteiger partial charge in [0, 0.05) is 19.0 Å². The van der Waals surface area contributed by atoms with Crippen molar-refractivity contribution in [3.63, 3.8) is 0 Å². The Balaban J connectivity index is 2.18. The van der Waals surface area contributed by atoms with Crippen molar-refractivity contribution in [1.82, 2.24) is 4.90 Å². The molecule has 0 radical (unpaired) electrons. The van der Waals surface area contributed by atoms with Crippen LogP contribution in [0.3, 0.4) is 0 Å². The van der Waals surface area contributed by atoms with Crippen LogP contribution in [0.25, 0.3) is 0 Å². The Morgan fingerprint density at radius 2 is 1.94 bits per heavy atom. The maximum Gasteiger partial charge on any atom is 0.222 e. The van der Waals surface area contributed by atoms with Crippen molar-refractivity contribution >= 4 is 5.91 Å². The first-order chi connectivity index (χ1) is 7.79. The Morgan fingerprint density at radius 3 is 2.50 bits per heavy atom. The number of likely N-dealkylation sites (tertiary alicyclic amines) is 1. The Labute approximate surface area is 100 Å². The average Bonchev–Trinajstić information content (AvgIpc) is 2.70. The zero-order valence-corrected chi connectivity index (χ0v) is 11.0. The van der Waals surface area contributed by atoms with E-state index in [9.17, 15) is 4.79 Å². The third-order valence-corrected chi connectivity index (χ3v) is 3.66. The van der Waals surface area contributed by atoms with Crippen LogP contribution in [0.15, 0.2) is 0 Å². The molecule has 1 fully saturated rings. The van der Waals surface area contributed by atoms with Crippen molar-refractivity contribution in [3.8, 4) is 0 Å². The summed E-state index contributed by atoms with van der Waals surface area (Å²) in [5.74, 6) is 0.389. The van der Waals surface area contributed by atoms with E-state index in [4.69, 9.17) is 0 Å². The van der Waals surface area contributed by atoms with Crippen molar-refractivity contribution in [2.75, 3.05) is 6.54 Å². The highest BCUT2D eigenvalue weighted by Crippen LogP contribution is 2.20. The van der Waals surface area contributed by atoms with E-state index in [1.165, 1.54) is 38.5 Å². The quantitative estimate of drug-likeness (QED) is 0.576. The molecule has 0 N–H and O–H groups in total. The zero-order valence-electron chi connectivity index (χ0n) is 11.0. The van der Waals surface area contributed by atoms with Crippen LogP contribution in [-0.2, 0) is 4.79 Å². The molecule has 94 valence electrons. The van der Waals surface area contributed by atoms with Crippen LogP contribution >= 0.6 is 0 Å². The Kier molecular flexibility index (Phi) is 6.51. The first-order valence-corrected chi connectivity index (χ1v) is 7.09. The standard InChI is InChI=1S/C14H27NO/c1-3-5-6-7-8-10-13(4-2)15-12-9-11-14(15)16/h13H,3-12H2,1-2H3. The van der Waals surface area contributed by atoms with Gasteiger partial charge in [-0.05, 0) is 19.3 Å². The predicted octanol–water partition coefficient (Wildman–Crippen LogP) is 3.75. The molecule has 0 aromatic heterocycles. The number of unbranched alkanes of at least 4 members (excludes halogenated alkanes) is 4. The molecule has 0 aliphatic carbocycles. The highest BCUT2D eigenvalue weighted by Gasteiger charge is 2.25. The van der Waals surface area contributed by atoms with Crippen LogP contribution in [0, 0.1) is 0 Å². The minimum absolute atomic E-state index is 0.389. The fourth-order valence-corrected chi connectivity index (χ4v) is 2.62. The van der Waals surface area contributed by atoms with Crippen molar-refractivity contribution in [1.29, 1.82) is 0 Å². The van der Waals surface area contributed by atoms with Crippen molar-refractivity contribution in [3.05, 3.63) is 0 Å². The van der Waals surface area contributed by atoms with E-state index in [1.54, 1.807) is 0 Å². The molecule has 0 bridgehead atoms. The van der Waals surface area contributed by atoms with E-state index in [-0.39, 0.29) is 0 Å². The van der Waals surface area contributed by atoms with E-state index < -0.39 is 0 Å². The van der Waals surface area contributed by atoms with Crippen molar-refractivity contribution in [2.24, 2.45) is 0 Å². The maximum absolute atomic E-state index is 11.6. The minimum atomic E-state index is 0.389. The fourth-order valence-electron chi connectivity index (χ4n) is 2.62. The third kappa shape index (κ3) is 4.15. The summed E-state index contributed by atoms with van der Waals surface area (Å²) in [7, 11) is 0. The molecule has 0 spiro atoms. The number of hydrogen-bond donors (Lipinski definition) is 0. The Hall–Kier alpha value is -0.530. The first-order valence-electron chi connectivity index (χ1n) is 7.09. The first kappa shape index (κ1) is 13.5. The molecule has 1 unspecified atom stereocenters. The highest BCUT2D eigenvalue weighted by molar-refractivity contribution is 5.78. The van der Waals surface area contributed by atoms with Crippen LogP contribution < -0.4 is 0 Å². The number of carbonyl (C=O) groups excluding carboxylic acids is 1. The van der Waals surface area contributed by atoms with Gasteiger partial charge < -0.3 is 4.90 Å². The number of rotatable bonds is 8. The maximum atomic E-state index is 11.6. The number of amides is 1. The van der Waals surface area contributed by atoms with Gasteiger partial charge in [-0.15, -0.1) is 0 Å². The largest absolute Gasteiger partial charge is 0.340 e. The summed E-state index contributed by atoms with van der Waals surface area (Å²) in [6, 6.07) is 0.525. The topological polar surface area (TPSA) is 20.3 Å². The fraction of sp³-hybridized carbons (Fsp3) is 0.929. The van der Waals surface area contributed by atoms with Gasteiger partial charge in [0.05, 0.1) is 0 Å². The van der Waals surface area contributed by atoms with E-state index in [0.717, 1.165) is 25.8 Å². The van der Waals surface area contributed by atoms with E-state index in [1.807, 2.05) is 0 Å². The van der Waals surface area contributed by atoms with Crippen LogP contribution in [0.5, 0.6) is 0 Å². The summed E-state index contributed by atoms with van der Waals surface area (Å²) < 4.78 is 0. The molecule has 0 aromatic carbocycles. The van der Waals surface area contributed by atoms with Crippen LogP contribution in [0.1, 0.15) is 71.6 Å². The summed E-state index contributed by atoms with van der Waals surface area (Å²) in [5, 5.41) is 0. The smallest absolute Gasteiger partial charge is 0.222 e. The van der Waals surface area contributed by atoms with Gasteiger partial charge >= 0.3 is 0 Å². The van der Waals surface area contributed by atoms with Crippen LogP contribution in [-0.4, -0.2) is 23.4 Å². The van der Waals surface area contributed by atoms with Gasteiger partial charge in [0.2, 0.25) is 5.91 Å². The minimum Gasteiger partial charge on any atom is -0.340 e. The van der Waals surface area contributed by atoms with Gasteiger partial charge in [0.15, 0.2) is 0 Å². The van der Waals surface area contributed by atoms with Gasteiger partial charge in [0.1, 0.15) is 0 Å². The van der Waals surface area contributed by atoms with Gasteiger partial charge in [-0.2, -0.15) is 0 Å². The summed E-state index contributed by atoms with van der Waals surface area (Å²) in [6.07, 6.45) is 10.9. The number of nitrogens with zero attached hydrogens (tertiary/aromatic N) is 1. The molecule has 0 saturated carbocycles. The molecule has 1 amide bonds. The summed E-state index contributed by atoms with van der Waals surface area (Å²) >= 11 is 0. The number of hydrogen-bond acceptors (Lipinski definition) is 1.